The predicted molar refractivity (Wildman–Crippen MR) is 102 cm³/mol. The molecule has 2 fully saturated rings. The number of nitrogens with zero attached hydrogens (tertiary/aromatic N) is 3. The normalized spacial score (nSPS) is 24.0. The fraction of sp³-hybridized carbons (Fsp3) is 0.500. The molecule has 3 nitrogen and oxygen atoms in total. The van der Waals surface area contributed by atoms with E-state index < -0.39 is 11.6 Å². The van der Waals surface area contributed by atoms with Crippen molar-refractivity contribution in [3.8, 4) is 0 Å². The van der Waals surface area contributed by atoms with Crippen LogP contribution in [0.1, 0.15) is 36.2 Å². The fourth-order valence-electron chi connectivity index (χ4n) is 4.75. The lowest BCUT2D eigenvalue weighted by Crippen LogP contribution is -2.44. The van der Waals surface area contributed by atoms with E-state index >= 15 is 0 Å². The molecule has 0 radical (unpaired) electrons. The van der Waals surface area contributed by atoms with Gasteiger partial charge in [-0.3, -0.25) is 14.8 Å². The zero-order valence-electron chi connectivity index (χ0n) is 15.9. The van der Waals surface area contributed by atoms with Crippen molar-refractivity contribution in [2.24, 2.45) is 5.41 Å². The summed E-state index contributed by atoms with van der Waals surface area (Å²) >= 11 is 0. The summed E-state index contributed by atoms with van der Waals surface area (Å²) in [5.74, 6) is -1.53. The van der Waals surface area contributed by atoms with E-state index in [0.29, 0.717) is 12.0 Å². The largest absolute Gasteiger partial charge is 0.298 e. The molecule has 1 aromatic carbocycles. The molecule has 0 amide bonds. The summed E-state index contributed by atoms with van der Waals surface area (Å²) in [5, 5.41) is 0. The van der Waals surface area contributed by atoms with Gasteiger partial charge in [0.15, 0.2) is 11.6 Å². The van der Waals surface area contributed by atoms with Gasteiger partial charge < -0.3 is 0 Å². The third-order valence-electron chi connectivity index (χ3n) is 5.98. The number of pyridine rings is 1. The van der Waals surface area contributed by atoms with Crippen molar-refractivity contribution in [1.29, 1.82) is 0 Å². The number of likely N-dealkylation sites (tertiary alicyclic amines) is 2. The molecule has 1 spiro atoms. The first-order valence-corrected chi connectivity index (χ1v) is 9.83. The molecule has 1 aromatic heterocycles. The van der Waals surface area contributed by atoms with Gasteiger partial charge in [-0.25, -0.2) is 8.78 Å². The van der Waals surface area contributed by atoms with Gasteiger partial charge >= 0.3 is 0 Å². The second kappa shape index (κ2) is 7.64. The van der Waals surface area contributed by atoms with Gasteiger partial charge in [-0.05, 0) is 74.5 Å². The van der Waals surface area contributed by atoms with Crippen LogP contribution in [0.3, 0.4) is 0 Å². The van der Waals surface area contributed by atoms with Gasteiger partial charge in [0.1, 0.15) is 0 Å². The van der Waals surface area contributed by atoms with Crippen LogP contribution in [0, 0.1) is 24.0 Å². The Morgan fingerprint density at radius 2 is 1.78 bits per heavy atom. The topological polar surface area (TPSA) is 19.4 Å². The molecule has 2 aliphatic heterocycles. The summed E-state index contributed by atoms with van der Waals surface area (Å²) in [6.45, 7) is 7.90. The van der Waals surface area contributed by atoms with Gasteiger partial charge in [0.05, 0.1) is 5.69 Å². The number of hydrogen-bond acceptors (Lipinski definition) is 3. The molecule has 144 valence electrons. The lowest BCUT2D eigenvalue weighted by molar-refractivity contribution is 0.0864. The van der Waals surface area contributed by atoms with E-state index in [1.807, 2.05) is 13.0 Å². The van der Waals surface area contributed by atoms with Gasteiger partial charge in [-0.1, -0.05) is 12.1 Å². The average Bonchev–Trinajstić information content (AvgIpc) is 3.00. The summed E-state index contributed by atoms with van der Waals surface area (Å²) in [7, 11) is 0. The van der Waals surface area contributed by atoms with Crippen LogP contribution < -0.4 is 0 Å². The Bertz CT molecular complexity index is 810. The highest BCUT2D eigenvalue weighted by atomic mass is 19.2. The first-order valence-electron chi connectivity index (χ1n) is 9.83. The molecule has 1 unspecified atom stereocenters. The van der Waals surface area contributed by atoms with Crippen LogP contribution in [0.5, 0.6) is 0 Å². The molecule has 0 N–H and O–H groups in total. The molecule has 2 saturated heterocycles. The Balaban J connectivity index is 1.38. The van der Waals surface area contributed by atoms with Crippen LogP contribution in [-0.4, -0.2) is 41.0 Å². The molecule has 0 bridgehead atoms. The lowest BCUT2D eigenvalue weighted by atomic mass is 9.79. The number of aryl methyl sites for hydroxylation is 1. The summed E-state index contributed by atoms with van der Waals surface area (Å²) < 4.78 is 26.7. The van der Waals surface area contributed by atoms with Crippen LogP contribution in [0.4, 0.5) is 8.78 Å². The van der Waals surface area contributed by atoms with Crippen molar-refractivity contribution in [3.63, 3.8) is 0 Å². The Morgan fingerprint density at radius 1 is 0.963 bits per heavy atom. The predicted octanol–water partition coefficient (Wildman–Crippen LogP) is 4.16. The van der Waals surface area contributed by atoms with E-state index in [-0.39, 0.29) is 0 Å². The average molecular weight is 371 g/mol. The molecule has 3 heterocycles. The van der Waals surface area contributed by atoms with Crippen LogP contribution in [0.25, 0.3) is 0 Å². The maximum Gasteiger partial charge on any atom is 0.159 e. The molecule has 0 aliphatic carbocycles. The smallest absolute Gasteiger partial charge is 0.159 e. The second-order valence-corrected chi connectivity index (χ2v) is 8.29. The lowest BCUT2D eigenvalue weighted by Gasteiger charge is -2.40. The van der Waals surface area contributed by atoms with Gasteiger partial charge in [-0.15, -0.1) is 0 Å². The Hall–Kier alpha value is -1.85. The van der Waals surface area contributed by atoms with Crippen LogP contribution in [0.2, 0.25) is 0 Å². The molecule has 2 aromatic rings. The summed E-state index contributed by atoms with van der Waals surface area (Å²) in [5.41, 5.74) is 3.38. The van der Waals surface area contributed by atoms with E-state index in [9.17, 15) is 8.78 Å². The summed E-state index contributed by atoms with van der Waals surface area (Å²) in [4.78, 5) is 9.56. The molecule has 5 heteroatoms. The van der Waals surface area contributed by atoms with Crippen LogP contribution in [-0.2, 0) is 13.1 Å². The van der Waals surface area contributed by atoms with Gasteiger partial charge in [0.25, 0.3) is 0 Å². The first-order chi connectivity index (χ1) is 13.0. The Morgan fingerprint density at radius 3 is 2.56 bits per heavy atom. The molecule has 0 saturated carbocycles. The zero-order valence-corrected chi connectivity index (χ0v) is 15.9. The quantitative estimate of drug-likeness (QED) is 0.805. The summed E-state index contributed by atoms with van der Waals surface area (Å²) in [6, 6.07) is 10.5. The maximum atomic E-state index is 13.5. The minimum absolute atomic E-state index is 0.320. The van der Waals surface area contributed by atoms with E-state index in [4.69, 9.17) is 0 Å². The monoisotopic (exact) mass is 371 g/mol. The molecular formula is C22H27F2N3. The van der Waals surface area contributed by atoms with E-state index in [0.717, 1.165) is 49.7 Å². The maximum absolute atomic E-state index is 13.5. The van der Waals surface area contributed by atoms with Gasteiger partial charge in [0.2, 0.25) is 0 Å². The van der Waals surface area contributed by atoms with Crippen molar-refractivity contribution >= 4 is 0 Å². The van der Waals surface area contributed by atoms with Crippen molar-refractivity contribution < 1.29 is 8.78 Å². The minimum atomic E-state index is -0.773. The van der Waals surface area contributed by atoms with Crippen LogP contribution in [0.15, 0.2) is 36.4 Å². The number of halogens is 2. The SMILES string of the molecule is Cc1cccc(CN2CCC3(CCCN(Cc4ccc(F)c(F)c4)C3)C2)n1. The van der Waals surface area contributed by atoms with E-state index in [1.54, 1.807) is 6.07 Å². The molecule has 27 heavy (non-hydrogen) atoms. The summed E-state index contributed by atoms with van der Waals surface area (Å²) in [6.07, 6.45) is 3.62. The number of hydrogen-bond donors (Lipinski definition) is 0. The molecule has 2 aliphatic rings. The number of benzene rings is 1. The molecule has 1 atom stereocenters. The van der Waals surface area contributed by atoms with Crippen molar-refractivity contribution in [2.75, 3.05) is 26.2 Å². The third kappa shape index (κ3) is 4.36. The highest BCUT2D eigenvalue weighted by Crippen LogP contribution is 2.39. The Kier molecular flexibility index (Phi) is 5.24. The third-order valence-corrected chi connectivity index (χ3v) is 5.98. The minimum Gasteiger partial charge on any atom is -0.298 e. The highest BCUT2D eigenvalue weighted by molar-refractivity contribution is 5.18. The first kappa shape index (κ1) is 18.5. The fourth-order valence-corrected chi connectivity index (χ4v) is 4.75. The molecular weight excluding hydrogens is 344 g/mol. The molecule has 4 rings (SSSR count). The number of aromatic nitrogens is 1. The van der Waals surface area contributed by atoms with Crippen molar-refractivity contribution in [3.05, 3.63) is 65.0 Å². The van der Waals surface area contributed by atoms with Crippen molar-refractivity contribution in [2.45, 2.75) is 39.3 Å². The van der Waals surface area contributed by atoms with Crippen LogP contribution >= 0.6 is 0 Å². The Labute approximate surface area is 160 Å². The second-order valence-electron chi connectivity index (χ2n) is 8.29. The standard InChI is InChI=1S/C22H27F2N3/c1-17-4-2-5-19(25-17)14-27-11-9-22(16-27)8-3-10-26(15-22)13-18-6-7-20(23)21(24)12-18/h2,4-7,12H,3,8-11,13-16H2,1H3. The number of rotatable bonds is 4. The van der Waals surface area contributed by atoms with Gasteiger partial charge in [-0.2, -0.15) is 0 Å². The number of piperidine rings is 1. The highest BCUT2D eigenvalue weighted by Gasteiger charge is 2.41. The van der Waals surface area contributed by atoms with E-state index in [1.165, 1.54) is 31.4 Å². The van der Waals surface area contributed by atoms with E-state index in [2.05, 4.69) is 26.9 Å². The zero-order chi connectivity index (χ0) is 18.9. The van der Waals surface area contributed by atoms with Gasteiger partial charge in [0, 0.05) is 31.9 Å². The van der Waals surface area contributed by atoms with Crippen molar-refractivity contribution in [1.82, 2.24) is 14.8 Å².